The maximum absolute atomic E-state index is 5.92. The van der Waals surface area contributed by atoms with E-state index in [4.69, 9.17) is 10.5 Å². The second kappa shape index (κ2) is 5.69. The van der Waals surface area contributed by atoms with Crippen molar-refractivity contribution >= 4 is 0 Å². The molecular formula is C14H19N3O. The van der Waals surface area contributed by atoms with Crippen LogP contribution in [0.1, 0.15) is 31.3 Å². The fourth-order valence-electron chi connectivity index (χ4n) is 1.90. The predicted molar refractivity (Wildman–Crippen MR) is 71.3 cm³/mol. The van der Waals surface area contributed by atoms with Crippen LogP contribution in [-0.2, 0) is 13.2 Å². The largest absolute Gasteiger partial charge is 0.485 e. The van der Waals surface area contributed by atoms with Gasteiger partial charge in [0.1, 0.15) is 18.2 Å². The number of hydrogen-bond donors (Lipinski definition) is 1. The Labute approximate surface area is 107 Å². The molecule has 4 heteroatoms. The lowest BCUT2D eigenvalue weighted by Crippen LogP contribution is -2.10. The van der Waals surface area contributed by atoms with Crippen LogP contribution >= 0.6 is 0 Å². The Morgan fingerprint density at radius 2 is 2.17 bits per heavy atom. The van der Waals surface area contributed by atoms with Crippen LogP contribution in [0.15, 0.2) is 36.7 Å². The van der Waals surface area contributed by atoms with E-state index >= 15 is 0 Å². The monoisotopic (exact) mass is 245 g/mol. The van der Waals surface area contributed by atoms with E-state index < -0.39 is 0 Å². The number of aromatic nitrogens is 2. The lowest BCUT2D eigenvalue weighted by molar-refractivity contribution is 0.285. The van der Waals surface area contributed by atoms with Crippen molar-refractivity contribution < 1.29 is 4.74 Å². The van der Waals surface area contributed by atoms with Crippen LogP contribution in [0.4, 0.5) is 0 Å². The summed E-state index contributed by atoms with van der Waals surface area (Å²) < 4.78 is 7.89. The molecule has 1 heterocycles. The quantitative estimate of drug-likeness (QED) is 0.880. The van der Waals surface area contributed by atoms with Gasteiger partial charge in [0.2, 0.25) is 0 Å². The summed E-state index contributed by atoms with van der Waals surface area (Å²) in [5.41, 5.74) is 6.94. The lowest BCUT2D eigenvalue weighted by atomic mass is 10.1. The zero-order valence-electron chi connectivity index (χ0n) is 10.8. The molecule has 4 nitrogen and oxygen atoms in total. The van der Waals surface area contributed by atoms with Crippen LogP contribution in [-0.4, -0.2) is 9.55 Å². The molecule has 2 rings (SSSR count). The number of imidazole rings is 1. The first kappa shape index (κ1) is 12.6. The van der Waals surface area contributed by atoms with Crippen LogP contribution in [0.2, 0.25) is 0 Å². The molecule has 0 bridgehead atoms. The number of ether oxygens (including phenoxy) is 1. The van der Waals surface area contributed by atoms with Crippen molar-refractivity contribution in [1.29, 1.82) is 0 Å². The molecule has 1 atom stereocenters. The highest BCUT2D eigenvalue weighted by Crippen LogP contribution is 2.23. The molecule has 0 radical (unpaired) electrons. The van der Waals surface area contributed by atoms with E-state index in [-0.39, 0.29) is 6.04 Å². The number of hydrogen-bond acceptors (Lipinski definition) is 3. The van der Waals surface area contributed by atoms with E-state index in [1.54, 1.807) is 6.20 Å². The highest BCUT2D eigenvalue weighted by Gasteiger charge is 2.08. The van der Waals surface area contributed by atoms with Gasteiger partial charge in [-0.3, -0.25) is 0 Å². The van der Waals surface area contributed by atoms with Crippen molar-refractivity contribution in [2.24, 2.45) is 5.73 Å². The van der Waals surface area contributed by atoms with E-state index in [0.717, 1.165) is 23.7 Å². The van der Waals surface area contributed by atoms with Gasteiger partial charge in [-0.2, -0.15) is 0 Å². The molecule has 0 fully saturated rings. The Morgan fingerprint density at radius 3 is 2.89 bits per heavy atom. The average Bonchev–Trinajstić information content (AvgIpc) is 2.84. The number of nitrogens with zero attached hydrogens (tertiary/aromatic N) is 2. The zero-order chi connectivity index (χ0) is 13.0. The second-order valence-corrected chi connectivity index (χ2v) is 4.24. The summed E-state index contributed by atoms with van der Waals surface area (Å²) in [7, 11) is 0. The smallest absolute Gasteiger partial charge is 0.146 e. The number of rotatable bonds is 5. The summed E-state index contributed by atoms with van der Waals surface area (Å²) in [6, 6.07) is 7.82. The highest BCUT2D eigenvalue weighted by atomic mass is 16.5. The minimum Gasteiger partial charge on any atom is -0.485 e. The minimum absolute atomic E-state index is 0.0351. The summed E-state index contributed by atoms with van der Waals surface area (Å²) in [6.45, 7) is 5.40. The first-order chi connectivity index (χ1) is 8.72. The van der Waals surface area contributed by atoms with Crippen molar-refractivity contribution in [2.75, 3.05) is 0 Å². The Balaban J connectivity index is 2.11. The van der Waals surface area contributed by atoms with Crippen LogP contribution in [0.25, 0.3) is 0 Å². The number of benzene rings is 1. The Kier molecular flexibility index (Phi) is 3.99. The first-order valence-electron chi connectivity index (χ1n) is 6.19. The highest BCUT2D eigenvalue weighted by molar-refractivity contribution is 5.35. The molecule has 0 aliphatic carbocycles. The molecule has 96 valence electrons. The summed E-state index contributed by atoms with van der Waals surface area (Å²) in [6.07, 6.45) is 3.75. The molecule has 1 unspecified atom stereocenters. The number of nitrogens with two attached hydrogens (primary N) is 1. The van der Waals surface area contributed by atoms with Gasteiger partial charge in [0.05, 0.1) is 0 Å². The third-order valence-electron chi connectivity index (χ3n) is 2.91. The predicted octanol–water partition coefficient (Wildman–Crippen LogP) is 2.50. The van der Waals surface area contributed by atoms with Crippen LogP contribution in [0.3, 0.4) is 0 Å². The molecular weight excluding hydrogens is 226 g/mol. The SMILES string of the molecule is CCn1ccnc1COc1ccccc1C(C)N. The normalized spacial score (nSPS) is 12.4. The minimum atomic E-state index is -0.0351. The Hall–Kier alpha value is -1.81. The Morgan fingerprint density at radius 1 is 1.39 bits per heavy atom. The van der Waals surface area contributed by atoms with Crippen molar-refractivity contribution in [3.63, 3.8) is 0 Å². The summed E-state index contributed by atoms with van der Waals surface area (Å²) >= 11 is 0. The molecule has 0 saturated carbocycles. The van der Waals surface area contributed by atoms with Crippen molar-refractivity contribution in [3.05, 3.63) is 48.0 Å². The van der Waals surface area contributed by atoms with E-state index in [0.29, 0.717) is 6.61 Å². The molecule has 1 aromatic carbocycles. The molecule has 0 saturated heterocycles. The van der Waals surface area contributed by atoms with E-state index in [9.17, 15) is 0 Å². The second-order valence-electron chi connectivity index (χ2n) is 4.24. The molecule has 0 spiro atoms. The van der Waals surface area contributed by atoms with Gasteiger partial charge >= 0.3 is 0 Å². The summed E-state index contributed by atoms with van der Waals surface area (Å²) in [5, 5.41) is 0. The average molecular weight is 245 g/mol. The molecule has 1 aromatic heterocycles. The topological polar surface area (TPSA) is 53.1 Å². The molecule has 0 aliphatic heterocycles. The zero-order valence-corrected chi connectivity index (χ0v) is 10.8. The van der Waals surface area contributed by atoms with Gasteiger partial charge in [0, 0.05) is 30.5 Å². The van der Waals surface area contributed by atoms with Crippen molar-refractivity contribution in [1.82, 2.24) is 9.55 Å². The Bertz CT molecular complexity index is 505. The number of para-hydroxylation sites is 1. The van der Waals surface area contributed by atoms with Crippen LogP contribution in [0, 0.1) is 0 Å². The van der Waals surface area contributed by atoms with Gasteiger partial charge in [-0.1, -0.05) is 18.2 Å². The number of aryl methyl sites for hydroxylation is 1. The van der Waals surface area contributed by atoms with Crippen LogP contribution in [0.5, 0.6) is 5.75 Å². The molecule has 2 aromatic rings. The molecule has 18 heavy (non-hydrogen) atoms. The van der Waals surface area contributed by atoms with Gasteiger partial charge in [-0.25, -0.2) is 4.98 Å². The van der Waals surface area contributed by atoms with Gasteiger partial charge in [0.15, 0.2) is 0 Å². The summed E-state index contributed by atoms with van der Waals surface area (Å²) in [5.74, 6) is 1.76. The van der Waals surface area contributed by atoms with Gasteiger partial charge < -0.3 is 15.0 Å². The van der Waals surface area contributed by atoms with Gasteiger partial charge in [-0.15, -0.1) is 0 Å². The maximum Gasteiger partial charge on any atom is 0.146 e. The molecule has 2 N–H and O–H groups in total. The standard InChI is InChI=1S/C14H19N3O/c1-3-17-9-8-16-14(17)10-18-13-7-5-4-6-12(13)11(2)15/h4-9,11H,3,10,15H2,1-2H3. The molecule has 0 amide bonds. The van der Waals surface area contributed by atoms with E-state index in [1.807, 2.05) is 37.4 Å². The first-order valence-corrected chi connectivity index (χ1v) is 6.19. The van der Waals surface area contributed by atoms with Gasteiger partial charge in [-0.05, 0) is 19.9 Å². The van der Waals surface area contributed by atoms with Crippen molar-refractivity contribution in [2.45, 2.75) is 33.0 Å². The third-order valence-corrected chi connectivity index (χ3v) is 2.91. The fourth-order valence-corrected chi connectivity index (χ4v) is 1.90. The molecule has 0 aliphatic rings. The van der Waals surface area contributed by atoms with E-state index in [2.05, 4.69) is 16.5 Å². The fraction of sp³-hybridized carbons (Fsp3) is 0.357. The lowest BCUT2D eigenvalue weighted by Gasteiger charge is -2.14. The van der Waals surface area contributed by atoms with Gasteiger partial charge in [0.25, 0.3) is 0 Å². The van der Waals surface area contributed by atoms with Crippen LogP contribution < -0.4 is 10.5 Å². The maximum atomic E-state index is 5.92. The third kappa shape index (κ3) is 2.71. The van der Waals surface area contributed by atoms with E-state index in [1.165, 1.54) is 0 Å². The van der Waals surface area contributed by atoms with Crippen molar-refractivity contribution in [3.8, 4) is 5.75 Å². The summed E-state index contributed by atoms with van der Waals surface area (Å²) in [4.78, 5) is 4.28.